The van der Waals surface area contributed by atoms with Crippen molar-refractivity contribution in [2.24, 2.45) is 11.8 Å². The fraction of sp³-hybridized carbons (Fsp3) is 0.625. The normalized spacial score (nSPS) is 23.0. The molecular formula is C16H24N2O2S. The van der Waals surface area contributed by atoms with Gasteiger partial charge in [-0.25, -0.2) is 0 Å². The van der Waals surface area contributed by atoms with Crippen LogP contribution in [0.25, 0.3) is 0 Å². The molecule has 0 bridgehead atoms. The Balaban J connectivity index is 2.23. The molecule has 116 valence electrons. The van der Waals surface area contributed by atoms with Gasteiger partial charge in [-0.15, -0.1) is 0 Å². The average Bonchev–Trinajstić information content (AvgIpc) is 2.87. The third kappa shape index (κ3) is 3.64. The van der Waals surface area contributed by atoms with Gasteiger partial charge in [0.05, 0.1) is 0 Å². The maximum Gasteiger partial charge on any atom is 0.246 e. The molecule has 1 N–H and O–H groups in total. The van der Waals surface area contributed by atoms with E-state index in [1.807, 2.05) is 30.7 Å². The summed E-state index contributed by atoms with van der Waals surface area (Å²) in [6, 6.07) is 1.26. The average molecular weight is 308 g/mol. The topological polar surface area (TPSA) is 49.4 Å². The van der Waals surface area contributed by atoms with Crippen LogP contribution in [0.3, 0.4) is 0 Å². The molecule has 1 aromatic rings. The summed E-state index contributed by atoms with van der Waals surface area (Å²) >= 11 is 1.61. The van der Waals surface area contributed by atoms with Crippen LogP contribution in [0, 0.1) is 11.8 Å². The third-order valence-corrected chi connectivity index (χ3v) is 4.51. The number of nitrogens with zero attached hydrogens (tertiary/aromatic N) is 1. The first-order chi connectivity index (χ1) is 9.90. The Labute approximate surface area is 130 Å². The SMILES string of the molecule is CC(C)CC1NC(=O)C(C(C)C)N(Cc2ccsc2)C1=O. The van der Waals surface area contributed by atoms with Crippen molar-refractivity contribution in [3.05, 3.63) is 22.4 Å². The standard InChI is InChI=1S/C16H24N2O2S/c1-10(2)7-13-16(20)18(8-12-5-6-21-9-12)14(11(3)4)15(19)17-13/h5-6,9-11,13-14H,7-8H2,1-4H3,(H,17,19). The van der Waals surface area contributed by atoms with E-state index in [1.165, 1.54) is 0 Å². The highest BCUT2D eigenvalue weighted by atomic mass is 32.1. The number of hydrogen-bond donors (Lipinski definition) is 1. The number of piperazine rings is 1. The molecule has 1 aromatic heterocycles. The first-order valence-electron chi connectivity index (χ1n) is 7.52. The highest BCUT2D eigenvalue weighted by Crippen LogP contribution is 2.23. The molecule has 2 rings (SSSR count). The second-order valence-electron chi connectivity index (χ2n) is 6.48. The summed E-state index contributed by atoms with van der Waals surface area (Å²) < 4.78 is 0. The molecule has 0 aliphatic carbocycles. The predicted octanol–water partition coefficient (Wildman–Crippen LogP) is 2.65. The summed E-state index contributed by atoms with van der Waals surface area (Å²) in [4.78, 5) is 26.9. The summed E-state index contributed by atoms with van der Waals surface area (Å²) in [5.74, 6) is 0.504. The number of rotatable bonds is 5. The number of hydrogen-bond acceptors (Lipinski definition) is 3. The molecule has 2 heterocycles. The molecule has 2 unspecified atom stereocenters. The van der Waals surface area contributed by atoms with Crippen molar-refractivity contribution in [1.82, 2.24) is 10.2 Å². The minimum atomic E-state index is -0.383. The van der Waals surface area contributed by atoms with Crippen molar-refractivity contribution in [1.29, 1.82) is 0 Å². The van der Waals surface area contributed by atoms with Crippen LogP contribution in [0.1, 0.15) is 39.7 Å². The molecule has 0 radical (unpaired) electrons. The minimum Gasteiger partial charge on any atom is -0.342 e. The first-order valence-corrected chi connectivity index (χ1v) is 8.46. The second-order valence-corrected chi connectivity index (χ2v) is 7.26. The highest BCUT2D eigenvalue weighted by Gasteiger charge is 2.41. The molecule has 21 heavy (non-hydrogen) atoms. The van der Waals surface area contributed by atoms with Crippen LogP contribution >= 0.6 is 11.3 Å². The number of amides is 2. The molecule has 1 aliphatic rings. The largest absolute Gasteiger partial charge is 0.342 e. The van der Waals surface area contributed by atoms with Crippen molar-refractivity contribution in [3.63, 3.8) is 0 Å². The molecule has 4 nitrogen and oxygen atoms in total. The number of thiophene rings is 1. The van der Waals surface area contributed by atoms with E-state index in [0.29, 0.717) is 18.9 Å². The summed E-state index contributed by atoms with van der Waals surface area (Å²) in [7, 11) is 0. The van der Waals surface area contributed by atoms with Crippen molar-refractivity contribution in [3.8, 4) is 0 Å². The summed E-state index contributed by atoms with van der Waals surface area (Å²) in [5.41, 5.74) is 1.09. The van der Waals surface area contributed by atoms with E-state index in [0.717, 1.165) is 5.56 Å². The van der Waals surface area contributed by atoms with Crippen LogP contribution in [0.15, 0.2) is 16.8 Å². The Hall–Kier alpha value is -1.36. The predicted molar refractivity (Wildman–Crippen MR) is 84.9 cm³/mol. The maximum atomic E-state index is 12.8. The molecule has 5 heteroatoms. The van der Waals surface area contributed by atoms with Gasteiger partial charge in [0, 0.05) is 6.54 Å². The molecule has 1 aliphatic heterocycles. The zero-order chi connectivity index (χ0) is 15.6. The Morgan fingerprint density at radius 3 is 2.52 bits per heavy atom. The Morgan fingerprint density at radius 2 is 2.00 bits per heavy atom. The lowest BCUT2D eigenvalue weighted by atomic mass is 9.93. The van der Waals surface area contributed by atoms with Gasteiger partial charge in [-0.05, 0) is 40.6 Å². The Morgan fingerprint density at radius 1 is 1.29 bits per heavy atom. The molecule has 0 saturated carbocycles. The van der Waals surface area contributed by atoms with Crippen molar-refractivity contribution in [2.75, 3.05) is 0 Å². The van der Waals surface area contributed by atoms with Gasteiger partial charge < -0.3 is 10.2 Å². The van der Waals surface area contributed by atoms with Crippen molar-refractivity contribution < 1.29 is 9.59 Å². The van der Waals surface area contributed by atoms with Gasteiger partial charge in [-0.2, -0.15) is 11.3 Å². The van der Waals surface area contributed by atoms with Crippen LogP contribution in [0.5, 0.6) is 0 Å². The van der Waals surface area contributed by atoms with Crippen LogP contribution in [-0.2, 0) is 16.1 Å². The molecule has 1 fully saturated rings. The van der Waals surface area contributed by atoms with Gasteiger partial charge in [-0.3, -0.25) is 9.59 Å². The van der Waals surface area contributed by atoms with Crippen LogP contribution in [-0.4, -0.2) is 28.8 Å². The van der Waals surface area contributed by atoms with Crippen molar-refractivity contribution in [2.45, 2.75) is 52.7 Å². The monoisotopic (exact) mass is 308 g/mol. The van der Waals surface area contributed by atoms with Gasteiger partial charge in [0.1, 0.15) is 12.1 Å². The van der Waals surface area contributed by atoms with Gasteiger partial charge >= 0.3 is 0 Å². The van der Waals surface area contributed by atoms with Gasteiger partial charge in [0.2, 0.25) is 11.8 Å². The van der Waals surface area contributed by atoms with Crippen LogP contribution in [0.4, 0.5) is 0 Å². The summed E-state index contributed by atoms with van der Waals surface area (Å²) in [5, 5.41) is 6.95. The summed E-state index contributed by atoms with van der Waals surface area (Å²) in [6.07, 6.45) is 0.690. The van der Waals surface area contributed by atoms with Crippen LogP contribution < -0.4 is 5.32 Å². The Kier molecular flexibility index (Phi) is 5.04. The van der Waals surface area contributed by atoms with Crippen molar-refractivity contribution >= 4 is 23.2 Å². The van der Waals surface area contributed by atoms with Gasteiger partial charge in [0.15, 0.2) is 0 Å². The first kappa shape index (κ1) is 16.0. The number of carbonyl (C=O) groups excluding carboxylic acids is 2. The van der Waals surface area contributed by atoms with E-state index in [4.69, 9.17) is 0 Å². The molecular weight excluding hydrogens is 284 g/mol. The summed E-state index contributed by atoms with van der Waals surface area (Å²) in [6.45, 7) is 8.63. The van der Waals surface area contributed by atoms with E-state index in [-0.39, 0.29) is 29.8 Å². The third-order valence-electron chi connectivity index (χ3n) is 3.77. The lowest BCUT2D eigenvalue weighted by molar-refractivity contribution is -0.152. The number of nitrogens with one attached hydrogen (secondary N) is 1. The lowest BCUT2D eigenvalue weighted by Gasteiger charge is -2.41. The highest BCUT2D eigenvalue weighted by molar-refractivity contribution is 7.07. The molecule has 1 saturated heterocycles. The maximum absolute atomic E-state index is 12.8. The van der Waals surface area contributed by atoms with Gasteiger partial charge in [-0.1, -0.05) is 27.7 Å². The van der Waals surface area contributed by atoms with Crippen LogP contribution in [0.2, 0.25) is 0 Å². The minimum absolute atomic E-state index is 0.0227. The lowest BCUT2D eigenvalue weighted by Crippen LogP contribution is -2.64. The fourth-order valence-corrected chi connectivity index (χ4v) is 3.51. The zero-order valence-corrected chi connectivity index (χ0v) is 13.9. The number of carbonyl (C=O) groups is 2. The smallest absolute Gasteiger partial charge is 0.246 e. The zero-order valence-electron chi connectivity index (χ0n) is 13.1. The quantitative estimate of drug-likeness (QED) is 0.909. The van der Waals surface area contributed by atoms with E-state index >= 15 is 0 Å². The molecule has 2 amide bonds. The fourth-order valence-electron chi connectivity index (χ4n) is 2.85. The van der Waals surface area contributed by atoms with E-state index < -0.39 is 0 Å². The second kappa shape index (κ2) is 6.60. The molecule has 0 spiro atoms. The van der Waals surface area contributed by atoms with E-state index in [1.54, 1.807) is 16.2 Å². The molecule has 0 aromatic carbocycles. The van der Waals surface area contributed by atoms with E-state index in [9.17, 15) is 9.59 Å². The van der Waals surface area contributed by atoms with Gasteiger partial charge in [0.25, 0.3) is 0 Å². The molecule has 2 atom stereocenters. The Bertz CT molecular complexity index is 496. The van der Waals surface area contributed by atoms with E-state index in [2.05, 4.69) is 19.2 Å².